The second-order valence-corrected chi connectivity index (χ2v) is 6.73. The van der Waals surface area contributed by atoms with Crippen molar-refractivity contribution in [3.63, 3.8) is 0 Å². The summed E-state index contributed by atoms with van der Waals surface area (Å²) in [6.45, 7) is 1.72. The smallest absolute Gasteiger partial charge is 0.264 e. The van der Waals surface area contributed by atoms with Crippen LogP contribution < -0.4 is 4.72 Å². The van der Waals surface area contributed by atoms with Gasteiger partial charge in [0, 0.05) is 12.4 Å². The largest absolute Gasteiger partial charge is 0.278 e. The maximum absolute atomic E-state index is 13.7. The molecule has 0 bridgehead atoms. The molecule has 6 nitrogen and oxygen atoms in total. The molecule has 3 rings (SSSR count). The molecular weight excluding hydrogens is 345 g/mol. The number of benzene rings is 1. The summed E-state index contributed by atoms with van der Waals surface area (Å²) in [7, 11) is -2.77. The molecule has 0 saturated heterocycles. The van der Waals surface area contributed by atoms with E-state index in [1.165, 1.54) is 16.9 Å². The van der Waals surface area contributed by atoms with Gasteiger partial charge in [0.1, 0.15) is 4.90 Å². The van der Waals surface area contributed by atoms with E-state index in [1.54, 1.807) is 14.0 Å². The molecule has 2 heterocycles. The lowest BCUT2D eigenvalue weighted by Crippen LogP contribution is -2.16. The predicted octanol–water partition coefficient (Wildman–Crippen LogP) is 2.49. The fourth-order valence-corrected chi connectivity index (χ4v) is 3.39. The Labute approximate surface area is 135 Å². The highest BCUT2D eigenvalue weighted by molar-refractivity contribution is 7.92. The van der Waals surface area contributed by atoms with Gasteiger partial charge < -0.3 is 0 Å². The number of rotatable bonds is 3. The van der Waals surface area contributed by atoms with E-state index >= 15 is 0 Å². The van der Waals surface area contributed by atoms with Gasteiger partial charge in [-0.2, -0.15) is 5.10 Å². The monoisotopic (exact) mass is 356 g/mol. The van der Waals surface area contributed by atoms with E-state index in [9.17, 15) is 21.6 Å². The fraction of sp³-hybridized carbons (Fsp3) is 0.143. The molecule has 0 radical (unpaired) electrons. The van der Waals surface area contributed by atoms with E-state index in [1.807, 2.05) is 0 Å². The number of sulfonamides is 1. The molecule has 0 unspecified atom stereocenters. The maximum Gasteiger partial charge on any atom is 0.264 e. The number of hydrogen-bond donors (Lipinski definition) is 1. The first-order valence-corrected chi connectivity index (χ1v) is 8.14. The van der Waals surface area contributed by atoms with Crippen molar-refractivity contribution in [2.24, 2.45) is 7.05 Å². The van der Waals surface area contributed by atoms with E-state index in [2.05, 4.69) is 14.8 Å². The third kappa shape index (κ3) is 2.58. The maximum atomic E-state index is 13.7. The predicted molar refractivity (Wildman–Crippen MR) is 80.4 cm³/mol. The molecule has 0 spiro atoms. The highest BCUT2D eigenvalue weighted by atomic mass is 32.2. The number of pyridine rings is 1. The summed E-state index contributed by atoms with van der Waals surface area (Å²) in [6.07, 6.45) is 1.22. The Kier molecular flexibility index (Phi) is 3.71. The first-order chi connectivity index (χ1) is 11.2. The third-order valence-electron chi connectivity index (χ3n) is 3.40. The number of aryl methyl sites for hydroxylation is 2. The number of anilines is 1. The Morgan fingerprint density at radius 2 is 1.88 bits per heavy atom. The summed E-state index contributed by atoms with van der Waals surface area (Å²) in [5, 5.41) is 4.75. The van der Waals surface area contributed by atoms with Crippen LogP contribution in [-0.2, 0) is 17.1 Å². The molecule has 24 heavy (non-hydrogen) atoms. The van der Waals surface area contributed by atoms with Crippen molar-refractivity contribution >= 4 is 26.7 Å². The van der Waals surface area contributed by atoms with Crippen LogP contribution in [0.5, 0.6) is 0 Å². The van der Waals surface area contributed by atoms with Gasteiger partial charge in [-0.15, -0.1) is 0 Å². The molecule has 10 heteroatoms. The van der Waals surface area contributed by atoms with Crippen LogP contribution in [0.25, 0.3) is 11.0 Å². The van der Waals surface area contributed by atoms with Crippen LogP contribution in [0.3, 0.4) is 0 Å². The van der Waals surface area contributed by atoms with Gasteiger partial charge in [0.05, 0.1) is 17.6 Å². The number of nitrogens with zero attached hydrogens (tertiary/aromatic N) is 3. The Hall–Kier alpha value is -2.62. The summed E-state index contributed by atoms with van der Waals surface area (Å²) >= 11 is 0. The van der Waals surface area contributed by atoms with Crippen LogP contribution in [0, 0.1) is 24.4 Å². The van der Waals surface area contributed by atoms with Crippen molar-refractivity contribution in [2.75, 3.05) is 4.72 Å². The first kappa shape index (κ1) is 16.2. The lowest BCUT2D eigenvalue weighted by atomic mass is 10.3. The SMILES string of the molecule is Cc1nn(C)c2ncc(NS(=O)(=O)c3ccc(F)c(F)c3F)cc12. The number of halogens is 3. The molecule has 1 aromatic carbocycles. The fourth-order valence-electron chi connectivity index (χ4n) is 2.29. The van der Waals surface area contributed by atoms with E-state index in [0.29, 0.717) is 28.9 Å². The van der Waals surface area contributed by atoms with E-state index in [4.69, 9.17) is 0 Å². The van der Waals surface area contributed by atoms with Crippen molar-refractivity contribution in [1.82, 2.24) is 14.8 Å². The molecule has 1 N–H and O–H groups in total. The van der Waals surface area contributed by atoms with Crippen molar-refractivity contribution in [3.8, 4) is 0 Å². The minimum absolute atomic E-state index is 0.0442. The van der Waals surface area contributed by atoms with Gasteiger partial charge in [0.25, 0.3) is 10.0 Å². The lowest BCUT2D eigenvalue weighted by molar-refractivity contribution is 0.432. The number of hydrogen-bond acceptors (Lipinski definition) is 4. The van der Waals surface area contributed by atoms with E-state index < -0.39 is 32.4 Å². The van der Waals surface area contributed by atoms with Gasteiger partial charge in [0.2, 0.25) is 0 Å². The normalized spacial score (nSPS) is 11.9. The summed E-state index contributed by atoms with van der Waals surface area (Å²) in [6, 6.07) is 2.66. The minimum Gasteiger partial charge on any atom is -0.278 e. The molecule has 0 fully saturated rings. The zero-order valence-corrected chi connectivity index (χ0v) is 13.3. The summed E-state index contributed by atoms with van der Waals surface area (Å²) in [4.78, 5) is 3.08. The third-order valence-corrected chi connectivity index (χ3v) is 4.80. The van der Waals surface area contributed by atoms with Crippen molar-refractivity contribution in [3.05, 3.63) is 47.5 Å². The highest BCUT2D eigenvalue weighted by Crippen LogP contribution is 2.24. The van der Waals surface area contributed by atoms with Gasteiger partial charge >= 0.3 is 0 Å². The molecule has 3 aromatic rings. The number of aromatic nitrogens is 3. The minimum atomic E-state index is -4.46. The summed E-state index contributed by atoms with van der Waals surface area (Å²) < 4.78 is 68.0. The number of fused-ring (bicyclic) bond motifs is 1. The highest BCUT2D eigenvalue weighted by Gasteiger charge is 2.24. The standard InChI is InChI=1S/C14H11F3N4O2S/c1-7-9-5-8(6-18-14(9)21(2)19-7)20-24(22,23)11-4-3-10(15)12(16)13(11)17/h3-6,20H,1-2H3. The molecule has 0 saturated carbocycles. The Morgan fingerprint density at radius 3 is 2.58 bits per heavy atom. The Balaban J connectivity index is 2.04. The average Bonchev–Trinajstić information content (AvgIpc) is 2.78. The molecule has 0 aliphatic heterocycles. The van der Waals surface area contributed by atoms with Crippen molar-refractivity contribution < 1.29 is 21.6 Å². The van der Waals surface area contributed by atoms with Crippen LogP contribution in [0.15, 0.2) is 29.3 Å². The summed E-state index contributed by atoms with van der Waals surface area (Å²) in [5.41, 5.74) is 1.21. The van der Waals surface area contributed by atoms with Crippen LogP contribution >= 0.6 is 0 Å². The quantitative estimate of drug-likeness (QED) is 0.732. The zero-order chi connectivity index (χ0) is 17.6. The van der Waals surface area contributed by atoms with Crippen LogP contribution in [0.2, 0.25) is 0 Å². The summed E-state index contributed by atoms with van der Waals surface area (Å²) in [5.74, 6) is -5.11. The molecule has 126 valence electrons. The topological polar surface area (TPSA) is 76.9 Å². The molecule has 2 aromatic heterocycles. The number of nitrogens with one attached hydrogen (secondary N) is 1. The van der Waals surface area contributed by atoms with Gasteiger partial charge in [-0.1, -0.05) is 0 Å². The van der Waals surface area contributed by atoms with Gasteiger partial charge in [-0.3, -0.25) is 9.40 Å². The van der Waals surface area contributed by atoms with Crippen LogP contribution in [0.4, 0.5) is 18.9 Å². The second kappa shape index (κ2) is 5.48. The molecule has 0 aliphatic rings. The van der Waals surface area contributed by atoms with E-state index in [-0.39, 0.29) is 5.69 Å². The molecule has 0 amide bonds. The van der Waals surface area contributed by atoms with Crippen molar-refractivity contribution in [1.29, 1.82) is 0 Å². The molecular formula is C14H11F3N4O2S. The van der Waals surface area contributed by atoms with Crippen molar-refractivity contribution in [2.45, 2.75) is 11.8 Å². The van der Waals surface area contributed by atoms with Gasteiger partial charge in [-0.25, -0.2) is 26.6 Å². The Morgan fingerprint density at radius 1 is 1.17 bits per heavy atom. The van der Waals surface area contributed by atoms with Gasteiger partial charge in [-0.05, 0) is 25.1 Å². The van der Waals surface area contributed by atoms with Gasteiger partial charge in [0.15, 0.2) is 23.1 Å². The van der Waals surface area contributed by atoms with E-state index in [0.717, 1.165) is 0 Å². The zero-order valence-electron chi connectivity index (χ0n) is 12.5. The Bertz CT molecular complexity index is 1060. The van der Waals surface area contributed by atoms with Crippen LogP contribution in [-0.4, -0.2) is 23.2 Å². The molecule has 0 aliphatic carbocycles. The van der Waals surface area contributed by atoms with Crippen LogP contribution in [0.1, 0.15) is 5.69 Å². The molecule has 0 atom stereocenters. The lowest BCUT2D eigenvalue weighted by Gasteiger charge is -2.09. The second-order valence-electron chi connectivity index (χ2n) is 5.08. The first-order valence-electron chi connectivity index (χ1n) is 6.66. The average molecular weight is 356 g/mol.